The molecule has 0 spiro atoms. The molecule has 0 aliphatic carbocycles. The zero-order valence-corrected chi connectivity index (χ0v) is 13.3. The van der Waals surface area contributed by atoms with Crippen molar-refractivity contribution in [3.8, 4) is 0 Å². The van der Waals surface area contributed by atoms with Crippen LogP contribution < -0.4 is 4.72 Å². The Morgan fingerprint density at radius 1 is 1.53 bits per heavy atom. The summed E-state index contributed by atoms with van der Waals surface area (Å²) in [5, 5.41) is 9.08. The molecule has 0 aromatic carbocycles. The third kappa shape index (κ3) is 4.06. The Hall–Kier alpha value is -0.340. The second-order valence-corrected chi connectivity index (χ2v) is 7.98. The molecule has 0 fully saturated rings. The molecule has 0 saturated carbocycles. The Labute approximate surface area is 125 Å². The second-order valence-electron chi connectivity index (χ2n) is 4.01. The lowest BCUT2D eigenvalue weighted by atomic mass is 10.0. The van der Waals surface area contributed by atoms with Gasteiger partial charge in [-0.3, -0.25) is 4.79 Å². The first kappa shape index (κ1) is 16.7. The van der Waals surface area contributed by atoms with Gasteiger partial charge >= 0.3 is 5.97 Å². The number of sulfonamides is 1. The van der Waals surface area contributed by atoms with Crippen molar-refractivity contribution in [2.24, 2.45) is 5.92 Å². The molecule has 1 heterocycles. The van der Waals surface area contributed by atoms with Crippen LogP contribution in [-0.2, 0) is 14.8 Å². The topological polar surface area (TPSA) is 83.5 Å². The first-order valence-corrected chi connectivity index (χ1v) is 8.44. The molecule has 2 atom stereocenters. The molecule has 1 aromatic rings. The van der Waals surface area contributed by atoms with Crippen molar-refractivity contribution in [3.63, 3.8) is 0 Å². The molecule has 108 valence electrons. The fourth-order valence-corrected chi connectivity index (χ4v) is 4.83. The van der Waals surface area contributed by atoms with Gasteiger partial charge in [0.15, 0.2) is 0 Å². The fourth-order valence-electron chi connectivity index (χ4n) is 1.38. The molecule has 0 aliphatic heterocycles. The summed E-state index contributed by atoms with van der Waals surface area (Å²) in [5.74, 6) is -1.57. The molecule has 0 amide bonds. The van der Waals surface area contributed by atoms with Crippen molar-refractivity contribution >= 4 is 50.5 Å². The average Bonchev–Trinajstić information content (AvgIpc) is 2.65. The highest BCUT2D eigenvalue weighted by Crippen LogP contribution is 2.34. The van der Waals surface area contributed by atoms with Crippen molar-refractivity contribution in [3.05, 3.63) is 14.7 Å². The number of halogens is 2. The highest BCUT2D eigenvalue weighted by atomic mass is 35.5. The van der Waals surface area contributed by atoms with E-state index in [1.54, 1.807) is 13.8 Å². The molecule has 0 aliphatic rings. The molecule has 19 heavy (non-hydrogen) atoms. The van der Waals surface area contributed by atoms with E-state index >= 15 is 0 Å². The molecule has 5 nitrogen and oxygen atoms in total. The van der Waals surface area contributed by atoms with Crippen LogP contribution in [0.25, 0.3) is 0 Å². The zero-order chi connectivity index (χ0) is 14.8. The van der Waals surface area contributed by atoms with Gasteiger partial charge in [-0.15, -0.1) is 11.3 Å². The van der Waals surface area contributed by atoms with Gasteiger partial charge in [0.05, 0.1) is 4.34 Å². The number of carboxylic acid groups (broad SMARTS) is 1. The third-order valence-corrected chi connectivity index (χ3v) is 5.87. The Balaban J connectivity index is 3.08. The minimum absolute atomic E-state index is 0.00536. The number of carboxylic acids is 1. The average molecular weight is 346 g/mol. The SMILES string of the molecule is CC[C@H](C)[C@H](NS(=O)(=O)c1cc(Cl)sc1Cl)C(=O)O. The highest BCUT2D eigenvalue weighted by molar-refractivity contribution is 7.89. The van der Waals surface area contributed by atoms with Crippen LogP contribution in [0.5, 0.6) is 0 Å². The van der Waals surface area contributed by atoms with Gasteiger partial charge in [-0.2, -0.15) is 4.72 Å². The van der Waals surface area contributed by atoms with E-state index in [4.69, 9.17) is 28.3 Å². The molecular formula is C10H13Cl2NO4S2. The van der Waals surface area contributed by atoms with E-state index in [1.165, 1.54) is 6.07 Å². The predicted molar refractivity (Wildman–Crippen MR) is 75.5 cm³/mol. The van der Waals surface area contributed by atoms with Crippen molar-refractivity contribution in [2.75, 3.05) is 0 Å². The Morgan fingerprint density at radius 2 is 2.11 bits per heavy atom. The summed E-state index contributed by atoms with van der Waals surface area (Å²) in [6.45, 7) is 3.44. The standard InChI is InChI=1S/C10H13Cl2NO4S2/c1-3-5(2)8(10(14)15)13-19(16,17)6-4-7(11)18-9(6)12/h4-5,8,13H,3H2,1-2H3,(H,14,15)/t5-,8-/m0/s1. The van der Waals surface area contributed by atoms with Gasteiger partial charge in [0, 0.05) is 0 Å². The third-order valence-electron chi connectivity index (χ3n) is 2.68. The number of carbonyl (C=O) groups is 1. The smallest absolute Gasteiger partial charge is 0.322 e. The largest absolute Gasteiger partial charge is 0.480 e. The first-order valence-electron chi connectivity index (χ1n) is 5.39. The second kappa shape index (κ2) is 6.41. The van der Waals surface area contributed by atoms with Crippen LogP contribution in [0.2, 0.25) is 8.67 Å². The minimum Gasteiger partial charge on any atom is -0.480 e. The summed E-state index contributed by atoms with van der Waals surface area (Å²) < 4.78 is 26.6. The highest BCUT2D eigenvalue weighted by Gasteiger charge is 2.31. The zero-order valence-electron chi connectivity index (χ0n) is 10.2. The lowest BCUT2D eigenvalue weighted by molar-refractivity contribution is -0.140. The molecule has 0 saturated heterocycles. The van der Waals surface area contributed by atoms with Gasteiger partial charge in [-0.05, 0) is 12.0 Å². The molecule has 2 N–H and O–H groups in total. The summed E-state index contributed by atoms with van der Waals surface area (Å²) in [6, 6.07) is -0.00314. The molecular weight excluding hydrogens is 333 g/mol. The maximum atomic E-state index is 12.1. The summed E-state index contributed by atoms with van der Waals surface area (Å²) in [6.07, 6.45) is 0.525. The Bertz CT molecular complexity index is 570. The normalized spacial score (nSPS) is 15.2. The van der Waals surface area contributed by atoms with Crippen LogP contribution in [0.4, 0.5) is 0 Å². The van der Waals surface area contributed by atoms with E-state index in [0.29, 0.717) is 6.42 Å². The lowest BCUT2D eigenvalue weighted by Gasteiger charge is -2.19. The maximum absolute atomic E-state index is 12.1. The number of hydrogen-bond acceptors (Lipinski definition) is 4. The van der Waals surface area contributed by atoms with Crippen molar-refractivity contribution in [2.45, 2.75) is 31.2 Å². The Kier molecular flexibility index (Phi) is 5.64. The maximum Gasteiger partial charge on any atom is 0.322 e. The van der Waals surface area contributed by atoms with Crippen molar-refractivity contribution in [1.29, 1.82) is 0 Å². The molecule has 0 radical (unpaired) electrons. The van der Waals surface area contributed by atoms with E-state index < -0.39 is 22.0 Å². The predicted octanol–water partition coefficient (Wildman–Crippen LogP) is 2.83. The molecule has 1 rings (SSSR count). The van der Waals surface area contributed by atoms with Gasteiger partial charge in [0.25, 0.3) is 0 Å². The van der Waals surface area contributed by atoms with E-state index in [2.05, 4.69) is 4.72 Å². The molecule has 0 unspecified atom stereocenters. The summed E-state index contributed by atoms with van der Waals surface area (Å²) in [5.41, 5.74) is 0. The fraction of sp³-hybridized carbons (Fsp3) is 0.500. The van der Waals surface area contributed by atoms with Crippen LogP contribution in [0, 0.1) is 5.92 Å². The first-order chi connectivity index (χ1) is 8.69. The molecule has 0 bridgehead atoms. The van der Waals surface area contributed by atoms with E-state index in [-0.39, 0.29) is 19.5 Å². The molecule has 9 heteroatoms. The number of hydrogen-bond donors (Lipinski definition) is 2. The minimum atomic E-state index is -4.01. The van der Waals surface area contributed by atoms with E-state index in [1.807, 2.05) is 0 Å². The van der Waals surface area contributed by atoms with Crippen LogP contribution >= 0.6 is 34.5 Å². The number of nitrogens with one attached hydrogen (secondary N) is 1. The van der Waals surface area contributed by atoms with Gasteiger partial charge < -0.3 is 5.11 Å². The number of aliphatic carboxylic acids is 1. The summed E-state index contributed by atoms with van der Waals surface area (Å²) in [7, 11) is -4.01. The monoisotopic (exact) mass is 345 g/mol. The number of thiophene rings is 1. The van der Waals surface area contributed by atoms with Crippen LogP contribution in [0.15, 0.2) is 11.0 Å². The van der Waals surface area contributed by atoms with Crippen LogP contribution in [-0.4, -0.2) is 25.5 Å². The van der Waals surface area contributed by atoms with E-state index in [9.17, 15) is 13.2 Å². The van der Waals surface area contributed by atoms with Gasteiger partial charge in [0.1, 0.15) is 15.3 Å². The quantitative estimate of drug-likeness (QED) is 0.830. The summed E-state index contributed by atoms with van der Waals surface area (Å²) >= 11 is 12.4. The summed E-state index contributed by atoms with van der Waals surface area (Å²) in [4.78, 5) is 10.9. The van der Waals surface area contributed by atoms with Crippen molar-refractivity contribution in [1.82, 2.24) is 4.72 Å². The van der Waals surface area contributed by atoms with Crippen LogP contribution in [0.1, 0.15) is 20.3 Å². The lowest BCUT2D eigenvalue weighted by Crippen LogP contribution is -2.44. The van der Waals surface area contributed by atoms with Gasteiger partial charge in [0.2, 0.25) is 10.0 Å². The van der Waals surface area contributed by atoms with Crippen molar-refractivity contribution < 1.29 is 18.3 Å². The number of rotatable bonds is 6. The Morgan fingerprint density at radius 3 is 2.47 bits per heavy atom. The van der Waals surface area contributed by atoms with E-state index in [0.717, 1.165) is 11.3 Å². The van der Waals surface area contributed by atoms with Gasteiger partial charge in [-0.1, -0.05) is 43.5 Å². The molecule has 1 aromatic heterocycles. The van der Waals surface area contributed by atoms with Crippen LogP contribution in [0.3, 0.4) is 0 Å². The van der Waals surface area contributed by atoms with Gasteiger partial charge in [-0.25, -0.2) is 8.42 Å².